The maximum Gasteiger partial charge on any atom is 0.246 e. The maximum absolute atomic E-state index is 11.3. The lowest BCUT2D eigenvalue weighted by molar-refractivity contribution is -0.142. The van der Waals surface area contributed by atoms with Crippen molar-refractivity contribution in [2.24, 2.45) is 0 Å². The van der Waals surface area contributed by atoms with E-state index in [9.17, 15) is 4.79 Å². The molecule has 1 atom stereocenters. The fourth-order valence-electron chi connectivity index (χ4n) is 3.61. The van der Waals surface area contributed by atoms with E-state index < -0.39 is 0 Å². The third kappa shape index (κ3) is 3.32. The molecular weight excluding hydrogens is 316 g/mol. The van der Waals surface area contributed by atoms with E-state index in [4.69, 9.17) is 4.74 Å². The molecule has 0 bridgehead atoms. The van der Waals surface area contributed by atoms with Gasteiger partial charge in [0.15, 0.2) is 0 Å². The molecule has 0 saturated carbocycles. The number of hydrogen-bond acceptors (Lipinski definition) is 4. The monoisotopic (exact) mass is 340 g/mol. The number of amides is 1. The lowest BCUT2D eigenvalue weighted by atomic mass is 10.0. The molecular formula is C19H24N4O2. The molecule has 2 aromatic rings. The highest BCUT2D eigenvalue weighted by atomic mass is 16.5. The predicted molar refractivity (Wildman–Crippen MR) is 94.6 cm³/mol. The number of benzene rings is 1. The molecule has 1 N–H and O–H groups in total. The van der Waals surface area contributed by atoms with Gasteiger partial charge < -0.3 is 10.1 Å². The Morgan fingerprint density at radius 2 is 2.20 bits per heavy atom. The van der Waals surface area contributed by atoms with Crippen LogP contribution in [0.15, 0.2) is 30.6 Å². The van der Waals surface area contributed by atoms with E-state index in [0.29, 0.717) is 6.54 Å². The number of likely N-dealkylation sites (tertiary alicyclic amines) is 1. The van der Waals surface area contributed by atoms with Gasteiger partial charge in [-0.15, -0.1) is 0 Å². The number of rotatable bonds is 3. The summed E-state index contributed by atoms with van der Waals surface area (Å²) in [5, 5.41) is 7.44. The first-order valence-electron chi connectivity index (χ1n) is 8.77. The molecule has 4 rings (SSSR count). The zero-order valence-electron chi connectivity index (χ0n) is 14.8. The summed E-state index contributed by atoms with van der Waals surface area (Å²) in [5.41, 5.74) is 4.63. The van der Waals surface area contributed by atoms with E-state index in [1.165, 1.54) is 16.7 Å². The van der Waals surface area contributed by atoms with Crippen LogP contribution in [0.1, 0.15) is 23.1 Å². The van der Waals surface area contributed by atoms with Crippen molar-refractivity contribution in [2.75, 3.05) is 26.2 Å². The SMILES string of the molecule is Cc1ccc(-n2cc(CN3CCC4(CNC(=O)CO4)C3)cn2)cc1C. The Kier molecular flexibility index (Phi) is 4.09. The molecule has 1 aromatic heterocycles. The summed E-state index contributed by atoms with van der Waals surface area (Å²) in [6, 6.07) is 6.39. The highest BCUT2D eigenvalue weighted by Crippen LogP contribution is 2.28. The minimum Gasteiger partial charge on any atom is -0.362 e. The van der Waals surface area contributed by atoms with Crippen molar-refractivity contribution < 1.29 is 9.53 Å². The molecule has 3 heterocycles. The van der Waals surface area contributed by atoms with E-state index in [1.54, 1.807) is 0 Å². The van der Waals surface area contributed by atoms with Gasteiger partial charge in [-0.25, -0.2) is 4.68 Å². The van der Waals surface area contributed by atoms with Gasteiger partial charge in [-0.05, 0) is 43.5 Å². The van der Waals surface area contributed by atoms with Crippen LogP contribution in [-0.2, 0) is 16.1 Å². The Morgan fingerprint density at radius 3 is 2.96 bits per heavy atom. The van der Waals surface area contributed by atoms with Crippen LogP contribution in [0.2, 0.25) is 0 Å². The third-order valence-corrected chi connectivity index (χ3v) is 5.31. The average Bonchev–Trinajstić information content (AvgIpc) is 3.21. The maximum atomic E-state index is 11.3. The van der Waals surface area contributed by atoms with Crippen molar-refractivity contribution in [3.8, 4) is 5.69 Å². The Morgan fingerprint density at radius 1 is 1.32 bits per heavy atom. The lowest BCUT2D eigenvalue weighted by Gasteiger charge is -2.33. The molecule has 132 valence electrons. The number of morpholine rings is 1. The number of hydrogen-bond donors (Lipinski definition) is 1. The minimum absolute atomic E-state index is 0.0151. The number of carbonyl (C=O) groups is 1. The summed E-state index contributed by atoms with van der Waals surface area (Å²) in [4.78, 5) is 13.7. The smallest absolute Gasteiger partial charge is 0.246 e. The largest absolute Gasteiger partial charge is 0.362 e. The van der Waals surface area contributed by atoms with Crippen LogP contribution in [0.25, 0.3) is 5.69 Å². The molecule has 1 amide bonds. The third-order valence-electron chi connectivity index (χ3n) is 5.31. The molecule has 6 nitrogen and oxygen atoms in total. The zero-order chi connectivity index (χ0) is 17.4. The topological polar surface area (TPSA) is 59.4 Å². The summed E-state index contributed by atoms with van der Waals surface area (Å²) in [7, 11) is 0. The molecule has 0 radical (unpaired) electrons. The Bertz CT molecular complexity index is 788. The van der Waals surface area contributed by atoms with Gasteiger partial charge in [0.2, 0.25) is 5.91 Å². The number of ether oxygens (including phenoxy) is 1. The first-order chi connectivity index (χ1) is 12.0. The highest BCUT2D eigenvalue weighted by Gasteiger charge is 2.42. The van der Waals surface area contributed by atoms with E-state index in [-0.39, 0.29) is 18.1 Å². The Hall–Kier alpha value is -2.18. The second-order valence-electron chi connectivity index (χ2n) is 7.27. The average molecular weight is 340 g/mol. The first kappa shape index (κ1) is 16.3. The van der Waals surface area contributed by atoms with Crippen molar-refractivity contribution in [1.82, 2.24) is 20.0 Å². The second-order valence-corrected chi connectivity index (χ2v) is 7.27. The first-order valence-corrected chi connectivity index (χ1v) is 8.77. The Balaban J connectivity index is 1.42. The van der Waals surface area contributed by atoms with Crippen LogP contribution in [0.5, 0.6) is 0 Å². The molecule has 25 heavy (non-hydrogen) atoms. The van der Waals surface area contributed by atoms with Crippen molar-refractivity contribution in [3.05, 3.63) is 47.3 Å². The second kappa shape index (κ2) is 6.28. The standard InChI is InChI=1S/C19H24N4O2/c1-14-3-4-17(7-15(14)2)23-10-16(8-21-23)9-22-6-5-19(13-22)12-20-18(24)11-25-19/h3-4,7-8,10H,5-6,9,11-13H2,1-2H3,(H,20,24). The molecule has 2 aliphatic rings. The number of aromatic nitrogens is 2. The molecule has 0 aliphatic carbocycles. The number of carbonyl (C=O) groups excluding carboxylic acids is 1. The fraction of sp³-hybridized carbons (Fsp3) is 0.474. The van der Waals surface area contributed by atoms with Gasteiger partial charge in [0.25, 0.3) is 0 Å². The van der Waals surface area contributed by atoms with Gasteiger partial charge in [-0.1, -0.05) is 6.07 Å². The van der Waals surface area contributed by atoms with Crippen molar-refractivity contribution in [1.29, 1.82) is 0 Å². The quantitative estimate of drug-likeness (QED) is 0.922. The van der Waals surface area contributed by atoms with Crippen molar-refractivity contribution in [3.63, 3.8) is 0 Å². The van der Waals surface area contributed by atoms with Crippen molar-refractivity contribution in [2.45, 2.75) is 32.4 Å². The number of nitrogens with one attached hydrogen (secondary N) is 1. The van der Waals surface area contributed by atoms with Crippen LogP contribution in [0.3, 0.4) is 0 Å². The lowest BCUT2D eigenvalue weighted by Crippen LogP contribution is -2.53. The molecule has 2 fully saturated rings. The summed E-state index contributed by atoms with van der Waals surface area (Å²) < 4.78 is 7.77. The fourth-order valence-corrected chi connectivity index (χ4v) is 3.61. The minimum atomic E-state index is -0.210. The highest BCUT2D eigenvalue weighted by molar-refractivity contribution is 5.78. The molecule has 6 heteroatoms. The Labute approximate surface area is 147 Å². The molecule has 1 unspecified atom stereocenters. The predicted octanol–water partition coefficient (Wildman–Crippen LogP) is 1.58. The summed E-state index contributed by atoms with van der Waals surface area (Å²) in [5.74, 6) is -0.0151. The zero-order valence-corrected chi connectivity index (χ0v) is 14.8. The van der Waals surface area contributed by atoms with Gasteiger partial charge in [0.1, 0.15) is 6.61 Å². The van der Waals surface area contributed by atoms with E-state index >= 15 is 0 Å². The van der Waals surface area contributed by atoms with Crippen LogP contribution in [0.4, 0.5) is 0 Å². The van der Waals surface area contributed by atoms with Crippen molar-refractivity contribution >= 4 is 5.91 Å². The van der Waals surface area contributed by atoms with Gasteiger partial charge in [0, 0.05) is 37.9 Å². The van der Waals surface area contributed by atoms with Gasteiger partial charge >= 0.3 is 0 Å². The van der Waals surface area contributed by atoms with Gasteiger partial charge in [0.05, 0.1) is 17.5 Å². The van der Waals surface area contributed by atoms with E-state index in [2.05, 4.69) is 53.6 Å². The molecule has 2 aliphatic heterocycles. The molecule has 2 saturated heterocycles. The van der Waals surface area contributed by atoms with Gasteiger partial charge in [-0.2, -0.15) is 5.10 Å². The van der Waals surface area contributed by atoms with Crippen LogP contribution in [0, 0.1) is 13.8 Å². The van der Waals surface area contributed by atoms with Gasteiger partial charge in [-0.3, -0.25) is 9.69 Å². The number of nitrogens with zero attached hydrogens (tertiary/aromatic N) is 3. The van der Waals surface area contributed by atoms with E-state index in [0.717, 1.165) is 31.7 Å². The van der Waals surface area contributed by atoms with Crippen LogP contribution in [-0.4, -0.2) is 52.4 Å². The summed E-state index contributed by atoms with van der Waals surface area (Å²) in [6.07, 6.45) is 4.99. The molecule has 1 aromatic carbocycles. The normalized spacial score (nSPS) is 24.0. The summed E-state index contributed by atoms with van der Waals surface area (Å²) in [6.45, 7) is 7.71. The van der Waals surface area contributed by atoms with Crippen LogP contribution >= 0.6 is 0 Å². The molecule has 1 spiro atoms. The van der Waals surface area contributed by atoms with E-state index in [1.807, 2.05) is 10.9 Å². The number of aryl methyl sites for hydroxylation is 2. The summed E-state index contributed by atoms with van der Waals surface area (Å²) >= 11 is 0. The van der Waals surface area contributed by atoms with Crippen LogP contribution < -0.4 is 5.32 Å².